The Bertz CT molecular complexity index is 1200. The molecule has 0 radical (unpaired) electrons. The van der Waals surface area contributed by atoms with E-state index < -0.39 is 0 Å². The summed E-state index contributed by atoms with van der Waals surface area (Å²) in [5.74, 6) is 0. The molecule has 0 saturated carbocycles. The summed E-state index contributed by atoms with van der Waals surface area (Å²) in [5.41, 5.74) is 5.35. The number of hydrogen-bond donors (Lipinski definition) is 2. The molecule has 0 fully saturated rings. The van der Waals surface area contributed by atoms with Crippen LogP contribution in [0.5, 0.6) is 0 Å². The second-order valence-corrected chi connectivity index (χ2v) is 8.09. The summed E-state index contributed by atoms with van der Waals surface area (Å²) in [6, 6.07) is 22.0. The van der Waals surface area contributed by atoms with Gasteiger partial charge in [-0.1, -0.05) is 53.2 Å². The van der Waals surface area contributed by atoms with Gasteiger partial charge < -0.3 is 10.5 Å². The van der Waals surface area contributed by atoms with E-state index in [4.69, 9.17) is 11.6 Å². The maximum atomic E-state index is 9.77. The molecule has 0 aliphatic carbocycles. The number of hydrogen-bond acceptors (Lipinski definition) is 4. The van der Waals surface area contributed by atoms with Crippen molar-refractivity contribution < 1.29 is 5.21 Å². The molecule has 3 nitrogen and oxygen atoms in total. The van der Waals surface area contributed by atoms with Crippen LogP contribution in [0.1, 0.15) is 21.6 Å². The number of oxime groups is 1. The standard InChI is InChI=1S/C23H19ClN2OS/c1-14-7-3-5-9-20(14)25-16-11-12-18(19(24)13-16)22(26-27)23-15(2)17-8-4-6-10-21(17)28-23/h3-13,25,27H,1-2H3. The van der Waals surface area contributed by atoms with Crippen LogP contribution in [0.3, 0.4) is 0 Å². The summed E-state index contributed by atoms with van der Waals surface area (Å²) in [6.07, 6.45) is 0. The third-order valence-electron chi connectivity index (χ3n) is 4.81. The van der Waals surface area contributed by atoms with Crippen molar-refractivity contribution in [3.05, 3.63) is 93.3 Å². The van der Waals surface area contributed by atoms with Gasteiger partial charge in [0.15, 0.2) is 0 Å². The predicted molar refractivity (Wildman–Crippen MR) is 120 cm³/mol. The van der Waals surface area contributed by atoms with Gasteiger partial charge in [-0.2, -0.15) is 0 Å². The van der Waals surface area contributed by atoms with Gasteiger partial charge in [-0.15, -0.1) is 11.3 Å². The van der Waals surface area contributed by atoms with Crippen molar-refractivity contribution in [2.24, 2.45) is 5.16 Å². The minimum absolute atomic E-state index is 0.492. The second-order valence-electron chi connectivity index (χ2n) is 6.64. The van der Waals surface area contributed by atoms with Crippen LogP contribution in [-0.4, -0.2) is 10.9 Å². The minimum Gasteiger partial charge on any atom is -0.410 e. The Morgan fingerprint density at radius 3 is 2.46 bits per heavy atom. The van der Waals surface area contributed by atoms with Gasteiger partial charge >= 0.3 is 0 Å². The molecule has 0 bridgehead atoms. The Hall–Kier alpha value is -2.82. The lowest BCUT2D eigenvalue weighted by Gasteiger charge is -2.12. The topological polar surface area (TPSA) is 44.6 Å². The molecule has 0 atom stereocenters. The summed E-state index contributed by atoms with van der Waals surface area (Å²) in [5, 5.41) is 18.4. The lowest BCUT2D eigenvalue weighted by molar-refractivity contribution is 0.319. The van der Waals surface area contributed by atoms with Crippen LogP contribution in [-0.2, 0) is 0 Å². The van der Waals surface area contributed by atoms with Gasteiger partial charge in [0.2, 0.25) is 0 Å². The lowest BCUT2D eigenvalue weighted by Crippen LogP contribution is -2.04. The summed E-state index contributed by atoms with van der Waals surface area (Å²) in [4.78, 5) is 0.921. The normalized spacial score (nSPS) is 11.8. The van der Waals surface area contributed by atoms with E-state index in [1.54, 1.807) is 11.3 Å². The van der Waals surface area contributed by atoms with Crippen LogP contribution in [0.2, 0.25) is 5.02 Å². The smallest absolute Gasteiger partial charge is 0.128 e. The average Bonchev–Trinajstić information content (AvgIpc) is 3.03. The van der Waals surface area contributed by atoms with E-state index in [-0.39, 0.29) is 0 Å². The van der Waals surface area contributed by atoms with E-state index >= 15 is 0 Å². The molecule has 0 amide bonds. The first-order valence-electron chi connectivity index (χ1n) is 8.91. The number of halogens is 1. The fourth-order valence-corrected chi connectivity index (χ4v) is 4.75. The Balaban J connectivity index is 1.71. The fourth-order valence-electron chi connectivity index (χ4n) is 3.28. The molecular formula is C23H19ClN2OS. The molecule has 3 aromatic carbocycles. The number of nitrogens with zero attached hydrogens (tertiary/aromatic N) is 1. The third kappa shape index (κ3) is 3.37. The molecule has 0 saturated heterocycles. The Kier molecular flexibility index (Phi) is 5.07. The Morgan fingerprint density at radius 2 is 1.75 bits per heavy atom. The van der Waals surface area contributed by atoms with E-state index in [0.29, 0.717) is 16.3 Å². The highest BCUT2D eigenvalue weighted by atomic mass is 35.5. The van der Waals surface area contributed by atoms with Crippen molar-refractivity contribution in [2.45, 2.75) is 13.8 Å². The van der Waals surface area contributed by atoms with E-state index in [9.17, 15) is 5.21 Å². The SMILES string of the molecule is Cc1ccccc1Nc1ccc(C(=NO)c2sc3ccccc3c2C)c(Cl)c1. The molecule has 4 aromatic rings. The second kappa shape index (κ2) is 7.66. The Morgan fingerprint density at radius 1 is 1.00 bits per heavy atom. The number of benzene rings is 3. The molecule has 140 valence electrons. The van der Waals surface area contributed by atoms with Crippen molar-refractivity contribution in [1.29, 1.82) is 0 Å². The summed E-state index contributed by atoms with van der Waals surface area (Å²) >= 11 is 8.19. The maximum Gasteiger partial charge on any atom is 0.128 e. The van der Waals surface area contributed by atoms with Gasteiger partial charge in [0, 0.05) is 21.6 Å². The number of fused-ring (bicyclic) bond motifs is 1. The van der Waals surface area contributed by atoms with Crippen LogP contribution in [0, 0.1) is 13.8 Å². The molecule has 2 N–H and O–H groups in total. The highest BCUT2D eigenvalue weighted by Gasteiger charge is 2.18. The first kappa shape index (κ1) is 18.5. The lowest BCUT2D eigenvalue weighted by atomic mass is 10.0. The van der Waals surface area contributed by atoms with E-state index in [1.165, 1.54) is 0 Å². The van der Waals surface area contributed by atoms with E-state index in [2.05, 4.69) is 35.6 Å². The Labute approximate surface area is 172 Å². The number of thiophene rings is 1. The highest BCUT2D eigenvalue weighted by molar-refractivity contribution is 7.21. The van der Waals surface area contributed by atoms with Gasteiger partial charge in [-0.25, -0.2) is 0 Å². The number of anilines is 2. The van der Waals surface area contributed by atoms with Crippen molar-refractivity contribution in [1.82, 2.24) is 0 Å². The van der Waals surface area contributed by atoms with Crippen molar-refractivity contribution in [2.75, 3.05) is 5.32 Å². The number of nitrogens with one attached hydrogen (secondary N) is 1. The summed E-state index contributed by atoms with van der Waals surface area (Å²) in [6.45, 7) is 4.10. The molecule has 1 heterocycles. The van der Waals surface area contributed by atoms with Crippen molar-refractivity contribution in [3.8, 4) is 0 Å². The minimum atomic E-state index is 0.492. The zero-order valence-electron chi connectivity index (χ0n) is 15.5. The first-order valence-corrected chi connectivity index (χ1v) is 10.1. The molecular weight excluding hydrogens is 388 g/mol. The zero-order chi connectivity index (χ0) is 19.7. The van der Waals surface area contributed by atoms with Gasteiger partial charge in [0.25, 0.3) is 0 Å². The molecule has 0 aliphatic rings. The molecule has 0 aliphatic heterocycles. The summed E-state index contributed by atoms with van der Waals surface area (Å²) < 4.78 is 1.16. The molecule has 5 heteroatoms. The highest BCUT2D eigenvalue weighted by Crippen LogP contribution is 2.34. The molecule has 0 unspecified atom stereocenters. The molecule has 0 spiro atoms. The largest absolute Gasteiger partial charge is 0.410 e. The van der Waals surface area contributed by atoms with Gasteiger partial charge in [-0.05, 0) is 60.7 Å². The van der Waals surface area contributed by atoms with Crippen LogP contribution >= 0.6 is 22.9 Å². The molecule has 1 aromatic heterocycles. The quantitative estimate of drug-likeness (QED) is 0.215. The fraction of sp³-hybridized carbons (Fsp3) is 0.0870. The summed E-state index contributed by atoms with van der Waals surface area (Å²) in [7, 11) is 0. The van der Waals surface area contributed by atoms with Gasteiger partial charge in [0.05, 0.1) is 9.90 Å². The number of aryl methyl sites for hydroxylation is 2. The first-order chi connectivity index (χ1) is 13.6. The van der Waals surface area contributed by atoms with Crippen LogP contribution in [0.4, 0.5) is 11.4 Å². The van der Waals surface area contributed by atoms with E-state index in [0.717, 1.165) is 37.5 Å². The van der Waals surface area contributed by atoms with Gasteiger partial charge in [0.1, 0.15) is 5.71 Å². The maximum absolute atomic E-state index is 9.77. The zero-order valence-corrected chi connectivity index (χ0v) is 17.1. The average molecular weight is 407 g/mol. The van der Waals surface area contributed by atoms with Crippen molar-refractivity contribution in [3.63, 3.8) is 0 Å². The molecule has 28 heavy (non-hydrogen) atoms. The number of rotatable bonds is 4. The van der Waals surface area contributed by atoms with Gasteiger partial charge in [-0.3, -0.25) is 0 Å². The van der Waals surface area contributed by atoms with Crippen molar-refractivity contribution >= 4 is 50.1 Å². The monoisotopic (exact) mass is 406 g/mol. The molecule has 4 rings (SSSR count). The predicted octanol–water partition coefficient (Wildman–Crippen LogP) is 7.14. The van der Waals surface area contributed by atoms with E-state index in [1.807, 2.05) is 55.5 Å². The third-order valence-corrected chi connectivity index (χ3v) is 6.40. The van der Waals surface area contributed by atoms with Crippen LogP contribution in [0.25, 0.3) is 10.1 Å². The van der Waals surface area contributed by atoms with Crippen LogP contribution < -0.4 is 5.32 Å². The number of para-hydroxylation sites is 1. The van der Waals surface area contributed by atoms with Crippen LogP contribution in [0.15, 0.2) is 71.9 Å².